The fourth-order valence-electron chi connectivity index (χ4n) is 3.58. The Morgan fingerprint density at radius 3 is 2.48 bits per heavy atom. The number of aliphatic imine (C=N–C) groups is 1. The molecule has 2 aromatic carbocycles. The number of likely N-dealkylation sites (N-methyl/N-ethyl adjacent to an activating group) is 1. The van der Waals surface area contributed by atoms with Crippen LogP contribution in [0.25, 0.3) is 10.8 Å². The van der Waals surface area contributed by atoms with Crippen LogP contribution in [0.15, 0.2) is 59.7 Å². The number of carbonyl (C=O) groups excluding carboxylic acids is 1. The first-order valence-corrected chi connectivity index (χ1v) is 9.89. The third-order valence-corrected chi connectivity index (χ3v) is 5.08. The number of rotatable bonds is 8. The average Bonchev–Trinajstić information content (AvgIpc) is 3.33. The lowest BCUT2D eigenvalue weighted by molar-refractivity contribution is -0.383. The largest absolute Gasteiger partial charge is 0.357 e. The van der Waals surface area contributed by atoms with Crippen molar-refractivity contribution in [2.24, 2.45) is 4.99 Å². The summed E-state index contributed by atoms with van der Waals surface area (Å²) in [5.74, 6) is 0.427. The molecule has 31 heavy (non-hydrogen) atoms. The van der Waals surface area contributed by atoms with Gasteiger partial charge in [0.2, 0.25) is 0 Å². The number of nitrogens with zero attached hydrogens (tertiary/aromatic N) is 4. The van der Waals surface area contributed by atoms with E-state index in [-0.39, 0.29) is 16.5 Å². The highest BCUT2D eigenvalue weighted by atomic mass is 16.7. The van der Waals surface area contributed by atoms with E-state index in [0.29, 0.717) is 36.6 Å². The number of hydroxylamine groups is 2. The lowest BCUT2D eigenvalue weighted by Gasteiger charge is -2.28. The maximum atomic E-state index is 12.6. The predicted octanol–water partition coefficient (Wildman–Crippen LogP) is 3.48. The SMILES string of the molecule is CCN(CCN(OC)C(=O)c1ccc[nH]1)C(=NC)c1cccc2c([N+](=O)[O-])cccc12. The zero-order valence-electron chi connectivity index (χ0n) is 17.7. The van der Waals surface area contributed by atoms with Gasteiger partial charge in [-0.3, -0.25) is 24.7 Å². The van der Waals surface area contributed by atoms with Crippen LogP contribution in [-0.4, -0.2) is 65.4 Å². The summed E-state index contributed by atoms with van der Waals surface area (Å²) in [5.41, 5.74) is 1.29. The van der Waals surface area contributed by atoms with E-state index in [9.17, 15) is 14.9 Å². The molecule has 1 aromatic heterocycles. The van der Waals surface area contributed by atoms with Crippen LogP contribution in [0.1, 0.15) is 23.0 Å². The molecule has 3 aromatic rings. The van der Waals surface area contributed by atoms with Crippen LogP contribution in [0.5, 0.6) is 0 Å². The summed E-state index contributed by atoms with van der Waals surface area (Å²) >= 11 is 0. The van der Waals surface area contributed by atoms with E-state index in [1.54, 1.807) is 43.6 Å². The molecule has 3 rings (SSSR count). The number of amidine groups is 1. The van der Waals surface area contributed by atoms with Gasteiger partial charge in [0.05, 0.1) is 24.0 Å². The van der Waals surface area contributed by atoms with E-state index in [1.165, 1.54) is 18.2 Å². The van der Waals surface area contributed by atoms with Gasteiger partial charge < -0.3 is 9.88 Å². The number of hydrogen-bond donors (Lipinski definition) is 1. The van der Waals surface area contributed by atoms with Crippen LogP contribution in [0.3, 0.4) is 0 Å². The number of carbonyl (C=O) groups is 1. The number of non-ortho nitro benzene ring substituents is 1. The number of nitrogens with one attached hydrogen (secondary N) is 1. The molecule has 0 spiro atoms. The Labute approximate surface area is 180 Å². The fourth-order valence-corrected chi connectivity index (χ4v) is 3.58. The quantitative estimate of drug-likeness (QED) is 0.259. The molecule has 0 fully saturated rings. The summed E-state index contributed by atoms with van der Waals surface area (Å²) in [5, 5.41) is 14.0. The molecule has 1 N–H and O–H groups in total. The molecule has 0 aliphatic rings. The highest BCUT2D eigenvalue weighted by Gasteiger charge is 2.21. The monoisotopic (exact) mass is 423 g/mol. The number of aromatic nitrogens is 1. The molecule has 162 valence electrons. The first-order chi connectivity index (χ1) is 15.0. The Morgan fingerprint density at radius 2 is 1.87 bits per heavy atom. The summed E-state index contributed by atoms with van der Waals surface area (Å²) in [6, 6.07) is 13.9. The molecule has 1 amide bonds. The molecule has 0 unspecified atom stereocenters. The fraction of sp³-hybridized carbons (Fsp3) is 0.273. The number of fused-ring (bicyclic) bond motifs is 1. The first kappa shape index (κ1) is 22.0. The van der Waals surface area contributed by atoms with Gasteiger partial charge in [0, 0.05) is 38.0 Å². The zero-order valence-corrected chi connectivity index (χ0v) is 17.7. The smallest absolute Gasteiger partial charge is 0.293 e. The van der Waals surface area contributed by atoms with Gasteiger partial charge in [-0.25, -0.2) is 5.06 Å². The van der Waals surface area contributed by atoms with Crippen LogP contribution < -0.4 is 0 Å². The summed E-state index contributed by atoms with van der Waals surface area (Å²) in [4.78, 5) is 38.3. The second-order valence-electron chi connectivity index (χ2n) is 6.74. The van der Waals surface area contributed by atoms with E-state index >= 15 is 0 Å². The van der Waals surface area contributed by atoms with Gasteiger partial charge in [-0.05, 0) is 30.5 Å². The molecule has 0 saturated carbocycles. The lowest BCUT2D eigenvalue weighted by Crippen LogP contribution is -2.41. The van der Waals surface area contributed by atoms with Crippen LogP contribution in [-0.2, 0) is 4.84 Å². The highest BCUT2D eigenvalue weighted by Crippen LogP contribution is 2.28. The second-order valence-corrected chi connectivity index (χ2v) is 6.74. The maximum Gasteiger partial charge on any atom is 0.293 e. The number of nitro groups is 1. The van der Waals surface area contributed by atoms with Crippen molar-refractivity contribution in [3.63, 3.8) is 0 Å². The minimum Gasteiger partial charge on any atom is -0.357 e. The van der Waals surface area contributed by atoms with Crippen molar-refractivity contribution in [1.29, 1.82) is 0 Å². The van der Waals surface area contributed by atoms with Crippen molar-refractivity contribution >= 4 is 28.2 Å². The Morgan fingerprint density at radius 1 is 1.13 bits per heavy atom. The molecule has 0 aliphatic carbocycles. The Hall–Kier alpha value is -3.72. The van der Waals surface area contributed by atoms with Gasteiger partial charge in [0.15, 0.2) is 0 Å². The Balaban J connectivity index is 1.88. The highest BCUT2D eigenvalue weighted by molar-refractivity contribution is 6.11. The van der Waals surface area contributed by atoms with Crippen molar-refractivity contribution < 1.29 is 14.6 Å². The molecule has 0 atom stereocenters. The first-order valence-electron chi connectivity index (χ1n) is 9.89. The number of hydrogen-bond acceptors (Lipinski definition) is 5. The summed E-state index contributed by atoms with van der Waals surface area (Å²) in [6.45, 7) is 3.40. The molecular weight excluding hydrogens is 398 g/mol. The van der Waals surface area contributed by atoms with Gasteiger partial charge in [0.25, 0.3) is 11.6 Å². The van der Waals surface area contributed by atoms with E-state index in [0.717, 1.165) is 10.9 Å². The van der Waals surface area contributed by atoms with Crippen LogP contribution in [0.4, 0.5) is 5.69 Å². The molecular formula is C22H25N5O4. The number of benzene rings is 2. The van der Waals surface area contributed by atoms with Crippen molar-refractivity contribution in [2.45, 2.75) is 6.92 Å². The molecule has 0 radical (unpaired) electrons. The van der Waals surface area contributed by atoms with Crippen LogP contribution in [0, 0.1) is 10.1 Å². The maximum absolute atomic E-state index is 12.6. The predicted molar refractivity (Wildman–Crippen MR) is 119 cm³/mol. The summed E-state index contributed by atoms with van der Waals surface area (Å²) < 4.78 is 0. The molecule has 0 aliphatic heterocycles. The van der Waals surface area contributed by atoms with Crippen LogP contribution >= 0.6 is 0 Å². The minimum atomic E-state index is -0.380. The standard InChI is InChI=1S/C22H25N5O4/c1-4-25(14-15-26(31-3)22(28)19-11-7-13-24-19)21(23-2)18-10-5-9-17-16(18)8-6-12-20(17)27(29)30/h5-13,24H,4,14-15H2,1-3H3. The number of nitro benzene ring substituents is 1. The molecule has 0 saturated heterocycles. The zero-order chi connectivity index (χ0) is 22.4. The minimum absolute atomic E-state index is 0.0555. The topological polar surface area (TPSA) is 104 Å². The van der Waals surface area contributed by atoms with Crippen molar-refractivity contribution in [3.05, 3.63) is 76.1 Å². The molecule has 0 bridgehead atoms. The van der Waals surface area contributed by atoms with Gasteiger partial charge in [-0.15, -0.1) is 0 Å². The number of H-pyrrole nitrogens is 1. The van der Waals surface area contributed by atoms with Gasteiger partial charge >= 0.3 is 0 Å². The molecule has 1 heterocycles. The van der Waals surface area contributed by atoms with Crippen molar-refractivity contribution in [2.75, 3.05) is 33.8 Å². The summed E-state index contributed by atoms with van der Waals surface area (Å²) in [7, 11) is 3.14. The number of amides is 1. The Bertz CT molecular complexity index is 1090. The number of aromatic amines is 1. The third-order valence-electron chi connectivity index (χ3n) is 5.08. The van der Waals surface area contributed by atoms with Crippen molar-refractivity contribution in [3.8, 4) is 0 Å². The van der Waals surface area contributed by atoms with Gasteiger partial charge in [0.1, 0.15) is 11.5 Å². The van der Waals surface area contributed by atoms with E-state index in [4.69, 9.17) is 4.84 Å². The third kappa shape index (κ3) is 4.56. The normalized spacial score (nSPS) is 11.5. The summed E-state index contributed by atoms with van der Waals surface area (Å²) in [6.07, 6.45) is 1.68. The van der Waals surface area contributed by atoms with E-state index < -0.39 is 0 Å². The van der Waals surface area contributed by atoms with E-state index in [1.807, 2.05) is 24.0 Å². The average molecular weight is 423 g/mol. The molecule has 9 nitrogen and oxygen atoms in total. The molecule has 9 heteroatoms. The Kier molecular flexibility index (Phi) is 6.99. The second kappa shape index (κ2) is 9.86. The van der Waals surface area contributed by atoms with Crippen molar-refractivity contribution in [1.82, 2.24) is 14.9 Å². The van der Waals surface area contributed by atoms with Crippen LogP contribution in [0.2, 0.25) is 0 Å². The van der Waals surface area contributed by atoms with Gasteiger partial charge in [-0.2, -0.15) is 0 Å². The van der Waals surface area contributed by atoms with Gasteiger partial charge in [-0.1, -0.05) is 24.3 Å². The lowest BCUT2D eigenvalue weighted by atomic mass is 10.0. The van der Waals surface area contributed by atoms with E-state index in [2.05, 4.69) is 9.98 Å².